The molecule has 0 aromatic heterocycles. The van der Waals surface area contributed by atoms with Gasteiger partial charge in [-0.3, -0.25) is 4.79 Å². The molecule has 2 rings (SSSR count). The lowest BCUT2D eigenvalue weighted by atomic mass is 10.0. The second-order valence-corrected chi connectivity index (χ2v) is 6.23. The van der Waals surface area contributed by atoms with Crippen LogP contribution >= 0.6 is 12.2 Å². The van der Waals surface area contributed by atoms with Crippen molar-refractivity contribution in [3.63, 3.8) is 0 Å². The fraction of sp³-hybridized carbons (Fsp3) is 0.500. The van der Waals surface area contributed by atoms with Gasteiger partial charge in [0.1, 0.15) is 4.99 Å². The van der Waals surface area contributed by atoms with Gasteiger partial charge in [0.25, 0.3) is 0 Å². The molecule has 1 heterocycles. The largest absolute Gasteiger partial charge is 0.389 e. The van der Waals surface area contributed by atoms with Crippen molar-refractivity contribution in [1.29, 1.82) is 0 Å². The number of piperidine rings is 1. The van der Waals surface area contributed by atoms with Crippen molar-refractivity contribution < 1.29 is 4.79 Å². The van der Waals surface area contributed by atoms with Crippen LogP contribution in [0.1, 0.15) is 31.7 Å². The molecule has 1 unspecified atom stereocenters. The third-order valence-electron chi connectivity index (χ3n) is 3.85. The number of rotatable bonds is 5. The van der Waals surface area contributed by atoms with Crippen LogP contribution < -0.4 is 11.1 Å². The van der Waals surface area contributed by atoms with Crippen molar-refractivity contribution in [1.82, 2.24) is 4.90 Å². The van der Waals surface area contributed by atoms with E-state index >= 15 is 0 Å². The van der Waals surface area contributed by atoms with Gasteiger partial charge in [0.05, 0.1) is 0 Å². The lowest BCUT2D eigenvalue weighted by Crippen LogP contribution is -2.36. The summed E-state index contributed by atoms with van der Waals surface area (Å²) in [6, 6.07) is 7.30. The number of nitrogens with two attached hydrogens (primary N) is 1. The second-order valence-electron chi connectivity index (χ2n) is 5.79. The van der Waals surface area contributed by atoms with Crippen LogP contribution in [0.15, 0.2) is 24.3 Å². The van der Waals surface area contributed by atoms with Crippen LogP contribution in [0.5, 0.6) is 0 Å². The van der Waals surface area contributed by atoms with Crippen LogP contribution in [0.2, 0.25) is 0 Å². The first kappa shape index (κ1) is 15.9. The maximum Gasteiger partial charge on any atom is 0.225 e. The van der Waals surface area contributed by atoms with Gasteiger partial charge in [0, 0.05) is 30.8 Å². The van der Waals surface area contributed by atoms with E-state index in [4.69, 9.17) is 18.0 Å². The number of carbonyl (C=O) groups is 1. The van der Waals surface area contributed by atoms with Crippen molar-refractivity contribution >= 4 is 28.8 Å². The highest BCUT2D eigenvalue weighted by Crippen LogP contribution is 2.15. The molecule has 1 aliphatic heterocycles. The zero-order chi connectivity index (χ0) is 15.2. The van der Waals surface area contributed by atoms with Gasteiger partial charge in [0.2, 0.25) is 5.91 Å². The van der Waals surface area contributed by atoms with E-state index in [9.17, 15) is 4.79 Å². The van der Waals surface area contributed by atoms with Gasteiger partial charge in [-0.25, -0.2) is 0 Å². The molecule has 0 bridgehead atoms. The minimum atomic E-state index is 0.0521. The summed E-state index contributed by atoms with van der Waals surface area (Å²) >= 11 is 4.90. The number of nitrogens with zero attached hydrogens (tertiary/aromatic N) is 1. The zero-order valence-electron chi connectivity index (χ0n) is 12.5. The Balaban J connectivity index is 1.77. The standard InChI is InChI=1S/C16H23N3OS/c1-12-3-2-9-19(11-12)10-8-15(20)18-14-6-4-13(5-7-14)16(17)21/h4-7,12H,2-3,8-11H2,1H3,(H2,17,21)(H,18,20). The average Bonchev–Trinajstić information content (AvgIpc) is 2.46. The predicted octanol–water partition coefficient (Wildman–Crippen LogP) is 2.38. The summed E-state index contributed by atoms with van der Waals surface area (Å²) in [5.41, 5.74) is 7.14. The Bertz CT molecular complexity index is 501. The summed E-state index contributed by atoms with van der Waals surface area (Å²) in [6.07, 6.45) is 3.07. The molecule has 114 valence electrons. The highest BCUT2D eigenvalue weighted by Gasteiger charge is 2.16. The van der Waals surface area contributed by atoms with Gasteiger partial charge in [0.15, 0.2) is 0 Å². The van der Waals surface area contributed by atoms with Gasteiger partial charge in [-0.1, -0.05) is 19.1 Å². The van der Waals surface area contributed by atoms with E-state index in [-0.39, 0.29) is 5.91 Å². The monoisotopic (exact) mass is 305 g/mol. The second kappa shape index (κ2) is 7.52. The van der Waals surface area contributed by atoms with Crippen molar-refractivity contribution in [2.45, 2.75) is 26.2 Å². The molecule has 1 aromatic rings. The van der Waals surface area contributed by atoms with E-state index in [0.29, 0.717) is 11.4 Å². The smallest absolute Gasteiger partial charge is 0.225 e. The number of thiocarbonyl (C=S) groups is 1. The third-order valence-corrected chi connectivity index (χ3v) is 4.09. The van der Waals surface area contributed by atoms with E-state index in [1.54, 1.807) is 0 Å². The van der Waals surface area contributed by atoms with Crippen LogP contribution in [0.3, 0.4) is 0 Å². The molecular formula is C16H23N3OS. The Kier molecular flexibility index (Phi) is 5.70. The van der Waals surface area contributed by atoms with E-state index in [0.717, 1.165) is 36.8 Å². The first-order valence-corrected chi connectivity index (χ1v) is 7.87. The van der Waals surface area contributed by atoms with Crippen LogP contribution in [0.4, 0.5) is 5.69 Å². The number of anilines is 1. The number of likely N-dealkylation sites (tertiary alicyclic amines) is 1. The molecule has 0 saturated carbocycles. The topological polar surface area (TPSA) is 58.4 Å². The molecular weight excluding hydrogens is 282 g/mol. The molecule has 1 aromatic carbocycles. The van der Waals surface area contributed by atoms with Crippen molar-refractivity contribution in [3.8, 4) is 0 Å². The Morgan fingerprint density at radius 1 is 1.43 bits per heavy atom. The first-order valence-electron chi connectivity index (χ1n) is 7.46. The van der Waals surface area contributed by atoms with E-state index in [1.165, 1.54) is 12.8 Å². The summed E-state index contributed by atoms with van der Waals surface area (Å²) in [6.45, 7) is 5.33. The molecule has 3 N–H and O–H groups in total. The summed E-state index contributed by atoms with van der Waals surface area (Å²) in [7, 11) is 0. The summed E-state index contributed by atoms with van der Waals surface area (Å²) in [4.78, 5) is 14.7. The average molecular weight is 305 g/mol. The molecule has 1 aliphatic rings. The molecule has 1 saturated heterocycles. The molecule has 1 amide bonds. The molecule has 1 atom stereocenters. The number of amides is 1. The molecule has 21 heavy (non-hydrogen) atoms. The maximum absolute atomic E-state index is 12.0. The van der Waals surface area contributed by atoms with Crippen LogP contribution in [-0.2, 0) is 4.79 Å². The fourth-order valence-electron chi connectivity index (χ4n) is 2.69. The molecule has 0 aliphatic carbocycles. The van der Waals surface area contributed by atoms with Gasteiger partial charge in [-0.15, -0.1) is 0 Å². The SMILES string of the molecule is CC1CCCN(CCC(=O)Nc2ccc(C(N)=S)cc2)C1. The van der Waals surface area contributed by atoms with Crippen molar-refractivity contribution in [3.05, 3.63) is 29.8 Å². The fourth-order valence-corrected chi connectivity index (χ4v) is 2.83. The van der Waals surface area contributed by atoms with Crippen LogP contribution in [0.25, 0.3) is 0 Å². The Hall–Kier alpha value is -1.46. The number of hydrogen-bond acceptors (Lipinski definition) is 3. The Labute approximate surface area is 131 Å². The van der Waals surface area contributed by atoms with Crippen molar-refractivity contribution in [2.24, 2.45) is 11.7 Å². The molecule has 5 heteroatoms. The van der Waals surface area contributed by atoms with Crippen molar-refractivity contribution in [2.75, 3.05) is 25.0 Å². The molecule has 0 radical (unpaired) electrons. The van der Waals surface area contributed by atoms with Crippen LogP contribution in [-0.4, -0.2) is 35.4 Å². The third kappa shape index (κ3) is 5.10. The van der Waals surface area contributed by atoms with Crippen LogP contribution in [0, 0.1) is 5.92 Å². The predicted molar refractivity (Wildman–Crippen MR) is 90.4 cm³/mol. The number of carbonyl (C=O) groups excluding carboxylic acids is 1. The minimum Gasteiger partial charge on any atom is -0.389 e. The summed E-state index contributed by atoms with van der Waals surface area (Å²) < 4.78 is 0. The summed E-state index contributed by atoms with van der Waals surface area (Å²) in [5.74, 6) is 0.797. The minimum absolute atomic E-state index is 0.0521. The maximum atomic E-state index is 12.0. The molecule has 4 nitrogen and oxygen atoms in total. The normalized spacial score (nSPS) is 19.2. The highest BCUT2D eigenvalue weighted by molar-refractivity contribution is 7.80. The summed E-state index contributed by atoms with van der Waals surface area (Å²) in [5, 5.41) is 2.91. The lowest BCUT2D eigenvalue weighted by molar-refractivity contribution is -0.116. The van der Waals surface area contributed by atoms with E-state index < -0.39 is 0 Å². The molecule has 0 spiro atoms. The van der Waals surface area contributed by atoms with Gasteiger partial charge >= 0.3 is 0 Å². The quantitative estimate of drug-likeness (QED) is 0.820. The zero-order valence-corrected chi connectivity index (χ0v) is 13.3. The number of nitrogens with one attached hydrogen (secondary N) is 1. The number of benzene rings is 1. The lowest BCUT2D eigenvalue weighted by Gasteiger charge is -2.30. The number of hydrogen-bond donors (Lipinski definition) is 2. The Morgan fingerprint density at radius 3 is 2.76 bits per heavy atom. The van der Waals surface area contributed by atoms with Gasteiger partial charge in [-0.2, -0.15) is 0 Å². The van der Waals surface area contributed by atoms with E-state index in [1.807, 2.05) is 24.3 Å². The Morgan fingerprint density at radius 2 is 2.14 bits per heavy atom. The van der Waals surface area contributed by atoms with Gasteiger partial charge in [-0.05, 0) is 49.6 Å². The molecule has 1 fully saturated rings. The van der Waals surface area contributed by atoms with E-state index in [2.05, 4.69) is 17.1 Å². The van der Waals surface area contributed by atoms with Gasteiger partial charge < -0.3 is 16.0 Å². The highest BCUT2D eigenvalue weighted by atomic mass is 32.1. The first-order chi connectivity index (χ1) is 10.0.